The number of rotatable bonds is 10. The summed E-state index contributed by atoms with van der Waals surface area (Å²) in [5.41, 5.74) is 0.583. The molecule has 0 fully saturated rings. The maximum atomic E-state index is 12.8. The zero-order valence-electron chi connectivity index (χ0n) is 19.7. The number of hydrogen-bond acceptors (Lipinski definition) is 8. The van der Waals surface area contributed by atoms with Gasteiger partial charge in [-0.2, -0.15) is 0 Å². The summed E-state index contributed by atoms with van der Waals surface area (Å²) >= 11 is 1.21. The molecule has 12 heteroatoms. The molecule has 1 aromatic heterocycles. The Bertz CT molecular complexity index is 1230. The van der Waals surface area contributed by atoms with Crippen LogP contribution in [0.5, 0.6) is 5.75 Å². The summed E-state index contributed by atoms with van der Waals surface area (Å²) in [7, 11) is 3.29. The molecule has 0 radical (unpaired) electrons. The Hall–Kier alpha value is -3.93. The molecule has 2 N–H and O–H groups in total. The van der Waals surface area contributed by atoms with Gasteiger partial charge >= 0.3 is 0 Å². The normalized spacial score (nSPS) is 11.7. The van der Waals surface area contributed by atoms with Crippen molar-refractivity contribution in [1.82, 2.24) is 20.1 Å². The van der Waals surface area contributed by atoms with Gasteiger partial charge in [-0.15, -0.1) is 10.2 Å². The van der Waals surface area contributed by atoms with Gasteiger partial charge in [-0.05, 0) is 24.1 Å². The maximum Gasteiger partial charge on any atom is 0.270 e. The first kappa shape index (κ1) is 25.7. The topological polar surface area (TPSA) is 141 Å². The third-order valence-corrected chi connectivity index (χ3v) is 6.15. The molecule has 0 spiro atoms. The summed E-state index contributed by atoms with van der Waals surface area (Å²) in [6.07, 6.45) is 0. The molecule has 2 aromatic carbocycles. The van der Waals surface area contributed by atoms with Crippen LogP contribution in [0.3, 0.4) is 0 Å². The predicted molar refractivity (Wildman–Crippen MR) is 131 cm³/mol. The fourth-order valence-corrected chi connectivity index (χ4v) is 4.02. The molecular weight excluding hydrogens is 472 g/mol. The molecule has 0 saturated heterocycles. The van der Waals surface area contributed by atoms with Crippen molar-refractivity contribution in [2.45, 2.75) is 25.0 Å². The lowest BCUT2D eigenvalue weighted by molar-refractivity contribution is -0.384. The zero-order valence-corrected chi connectivity index (χ0v) is 20.5. The van der Waals surface area contributed by atoms with Crippen molar-refractivity contribution in [2.75, 3.05) is 18.2 Å². The van der Waals surface area contributed by atoms with Crippen LogP contribution in [0.15, 0.2) is 53.7 Å². The SMILES string of the molecule is COc1ccccc1NC(=O)CSc1nnc([C@H](NC(=O)c2cccc([N+](=O)[O-])c2)C(C)C)n1C. The minimum Gasteiger partial charge on any atom is -0.495 e. The maximum absolute atomic E-state index is 12.8. The van der Waals surface area contributed by atoms with E-state index >= 15 is 0 Å². The smallest absolute Gasteiger partial charge is 0.270 e. The molecule has 11 nitrogen and oxygen atoms in total. The van der Waals surface area contributed by atoms with Crippen molar-refractivity contribution < 1.29 is 19.2 Å². The molecular formula is C23H26N6O5S. The van der Waals surface area contributed by atoms with Gasteiger partial charge in [0.1, 0.15) is 5.75 Å². The van der Waals surface area contributed by atoms with E-state index in [1.807, 2.05) is 19.9 Å². The van der Waals surface area contributed by atoms with Gasteiger partial charge in [-0.25, -0.2) is 0 Å². The van der Waals surface area contributed by atoms with Crippen LogP contribution in [0.2, 0.25) is 0 Å². The molecule has 3 aromatic rings. The summed E-state index contributed by atoms with van der Waals surface area (Å²) in [6, 6.07) is 12.1. The molecule has 2 amide bonds. The lowest BCUT2D eigenvalue weighted by atomic mass is 10.0. The lowest BCUT2D eigenvalue weighted by Gasteiger charge is -2.21. The molecule has 0 unspecified atom stereocenters. The van der Waals surface area contributed by atoms with Gasteiger partial charge < -0.3 is 19.9 Å². The van der Waals surface area contributed by atoms with Crippen LogP contribution >= 0.6 is 11.8 Å². The number of hydrogen-bond donors (Lipinski definition) is 2. The van der Waals surface area contributed by atoms with Crippen molar-refractivity contribution in [3.63, 3.8) is 0 Å². The first-order chi connectivity index (χ1) is 16.7. The molecule has 3 rings (SSSR count). The average Bonchev–Trinajstić information content (AvgIpc) is 3.21. The highest BCUT2D eigenvalue weighted by molar-refractivity contribution is 7.99. The van der Waals surface area contributed by atoms with E-state index in [2.05, 4.69) is 20.8 Å². The summed E-state index contributed by atoms with van der Waals surface area (Å²) in [4.78, 5) is 35.7. The Labute approximate surface area is 206 Å². The number of carbonyl (C=O) groups is 2. The third kappa shape index (κ3) is 6.35. The number of methoxy groups -OCH3 is 1. The summed E-state index contributed by atoms with van der Waals surface area (Å²) in [5, 5.41) is 25.7. The number of nitrogens with one attached hydrogen (secondary N) is 2. The first-order valence-electron chi connectivity index (χ1n) is 10.7. The van der Waals surface area contributed by atoms with E-state index in [1.165, 1.54) is 43.1 Å². The highest BCUT2D eigenvalue weighted by atomic mass is 32.2. The molecule has 184 valence electrons. The number of amides is 2. The highest BCUT2D eigenvalue weighted by Crippen LogP contribution is 2.26. The number of ether oxygens (including phenoxy) is 1. The number of para-hydroxylation sites is 2. The van der Waals surface area contributed by atoms with E-state index < -0.39 is 16.9 Å². The summed E-state index contributed by atoms with van der Waals surface area (Å²) < 4.78 is 6.97. The van der Waals surface area contributed by atoms with E-state index in [1.54, 1.807) is 29.8 Å². The minimum atomic E-state index is -0.549. The Morgan fingerprint density at radius 3 is 2.60 bits per heavy atom. The number of anilines is 1. The summed E-state index contributed by atoms with van der Waals surface area (Å²) in [5.74, 6) is 0.421. The Morgan fingerprint density at radius 1 is 1.17 bits per heavy atom. The zero-order chi connectivity index (χ0) is 25.5. The van der Waals surface area contributed by atoms with Crippen LogP contribution in [0, 0.1) is 16.0 Å². The molecule has 1 atom stereocenters. The highest BCUT2D eigenvalue weighted by Gasteiger charge is 2.26. The van der Waals surface area contributed by atoms with Crippen molar-refractivity contribution in [3.8, 4) is 5.75 Å². The van der Waals surface area contributed by atoms with Crippen LogP contribution in [0.1, 0.15) is 36.1 Å². The quantitative estimate of drug-likeness (QED) is 0.245. The van der Waals surface area contributed by atoms with Gasteiger partial charge in [0.05, 0.1) is 29.5 Å². The number of aromatic nitrogens is 3. The second-order valence-electron chi connectivity index (χ2n) is 7.94. The molecule has 0 saturated carbocycles. The van der Waals surface area contributed by atoms with Gasteiger partial charge in [-0.3, -0.25) is 19.7 Å². The molecule has 0 aliphatic heterocycles. The number of non-ortho nitro benzene ring substituents is 1. The number of nitrogens with zero attached hydrogens (tertiary/aromatic N) is 4. The van der Waals surface area contributed by atoms with Crippen LogP contribution < -0.4 is 15.4 Å². The number of nitro benzene ring substituents is 1. The van der Waals surface area contributed by atoms with E-state index in [-0.39, 0.29) is 28.8 Å². The first-order valence-corrected chi connectivity index (χ1v) is 11.7. The van der Waals surface area contributed by atoms with Gasteiger partial charge in [-0.1, -0.05) is 43.8 Å². The summed E-state index contributed by atoms with van der Waals surface area (Å²) in [6.45, 7) is 3.83. The number of nitro groups is 1. The van der Waals surface area contributed by atoms with Crippen LogP contribution in [-0.4, -0.2) is 44.4 Å². The fourth-order valence-electron chi connectivity index (χ4n) is 3.30. The Morgan fingerprint density at radius 2 is 1.91 bits per heavy atom. The van der Waals surface area contributed by atoms with Gasteiger partial charge in [0.2, 0.25) is 5.91 Å². The van der Waals surface area contributed by atoms with E-state index in [0.29, 0.717) is 22.4 Å². The number of carbonyl (C=O) groups excluding carboxylic acids is 2. The van der Waals surface area contributed by atoms with Gasteiger partial charge in [0.25, 0.3) is 11.6 Å². The lowest BCUT2D eigenvalue weighted by Crippen LogP contribution is -2.33. The van der Waals surface area contributed by atoms with Crippen LogP contribution in [-0.2, 0) is 11.8 Å². The van der Waals surface area contributed by atoms with Crippen LogP contribution in [0.4, 0.5) is 11.4 Å². The Balaban J connectivity index is 1.69. The average molecular weight is 499 g/mol. The fraction of sp³-hybridized carbons (Fsp3) is 0.304. The third-order valence-electron chi connectivity index (χ3n) is 5.13. The van der Waals surface area contributed by atoms with E-state index in [4.69, 9.17) is 4.74 Å². The monoisotopic (exact) mass is 498 g/mol. The Kier molecular flexibility index (Phi) is 8.42. The molecule has 35 heavy (non-hydrogen) atoms. The molecule has 0 bridgehead atoms. The van der Waals surface area contributed by atoms with Crippen molar-refractivity contribution in [2.24, 2.45) is 13.0 Å². The second-order valence-corrected chi connectivity index (χ2v) is 8.88. The van der Waals surface area contributed by atoms with Crippen LogP contribution in [0.25, 0.3) is 0 Å². The van der Waals surface area contributed by atoms with Crippen molar-refractivity contribution in [1.29, 1.82) is 0 Å². The largest absolute Gasteiger partial charge is 0.495 e. The molecule has 0 aliphatic carbocycles. The van der Waals surface area contributed by atoms with Gasteiger partial charge in [0, 0.05) is 24.7 Å². The number of benzene rings is 2. The van der Waals surface area contributed by atoms with E-state index in [9.17, 15) is 19.7 Å². The second kappa shape index (κ2) is 11.5. The van der Waals surface area contributed by atoms with Gasteiger partial charge in [0.15, 0.2) is 11.0 Å². The van der Waals surface area contributed by atoms with Crippen molar-refractivity contribution in [3.05, 3.63) is 70.0 Å². The molecule has 0 aliphatic rings. The predicted octanol–water partition coefficient (Wildman–Crippen LogP) is 3.59. The van der Waals surface area contributed by atoms with E-state index in [0.717, 1.165) is 0 Å². The molecule has 1 heterocycles. The minimum absolute atomic E-state index is 0.0488. The standard InChI is InChI=1S/C23H26N6O5S/c1-14(2)20(25-22(31)15-8-7-9-16(12-15)29(32)33)21-26-27-23(28(21)3)35-13-19(30)24-17-10-5-6-11-18(17)34-4/h5-12,14,20H,13H2,1-4H3,(H,24,30)(H,25,31)/t20-/m1/s1. The van der Waals surface area contributed by atoms with Crippen molar-refractivity contribution >= 4 is 35.0 Å². The number of thioether (sulfide) groups is 1.